The van der Waals surface area contributed by atoms with Crippen LogP contribution in [0.3, 0.4) is 0 Å². The van der Waals surface area contributed by atoms with Crippen molar-refractivity contribution in [1.29, 1.82) is 0 Å². The van der Waals surface area contributed by atoms with Crippen LogP contribution >= 0.6 is 11.3 Å². The molecule has 0 aliphatic rings. The number of thiophene rings is 1. The molecule has 0 amide bonds. The molecule has 0 spiro atoms. The van der Waals surface area contributed by atoms with E-state index in [0.29, 0.717) is 12.4 Å². The number of rotatable bonds is 4. The summed E-state index contributed by atoms with van der Waals surface area (Å²) in [7, 11) is 0. The summed E-state index contributed by atoms with van der Waals surface area (Å²) in [5.41, 5.74) is 1.05. The molecule has 2 heterocycles. The van der Waals surface area contributed by atoms with E-state index in [4.69, 9.17) is 5.11 Å². The van der Waals surface area contributed by atoms with Gasteiger partial charge in [0.25, 0.3) is 0 Å². The van der Waals surface area contributed by atoms with Crippen molar-refractivity contribution in [2.75, 3.05) is 18.5 Å². The van der Waals surface area contributed by atoms with Crippen LogP contribution in [0.15, 0.2) is 41.9 Å². The first kappa shape index (κ1) is 12.1. The van der Waals surface area contributed by atoms with Crippen molar-refractivity contribution < 1.29 is 5.11 Å². The van der Waals surface area contributed by atoms with Crippen LogP contribution in [0.4, 0.5) is 5.82 Å². The minimum absolute atomic E-state index is 0.0840. The Kier molecular flexibility index (Phi) is 3.39. The van der Waals surface area contributed by atoms with Crippen molar-refractivity contribution in [1.82, 2.24) is 9.97 Å². The van der Waals surface area contributed by atoms with Crippen LogP contribution in [0, 0.1) is 0 Å². The van der Waals surface area contributed by atoms with Gasteiger partial charge in [-0.3, -0.25) is 0 Å². The van der Waals surface area contributed by atoms with Gasteiger partial charge in [-0.15, -0.1) is 11.3 Å². The highest BCUT2D eigenvalue weighted by atomic mass is 32.1. The minimum atomic E-state index is 0.0840. The molecule has 1 aromatic carbocycles. The Morgan fingerprint density at radius 2 is 2.11 bits per heavy atom. The monoisotopic (exact) mass is 271 g/mol. The summed E-state index contributed by atoms with van der Waals surface area (Å²) in [6.45, 7) is 0.571. The zero-order valence-electron chi connectivity index (χ0n) is 10.2. The van der Waals surface area contributed by atoms with Crippen LogP contribution < -0.4 is 5.32 Å². The number of aliphatic hydroxyl groups is 1. The van der Waals surface area contributed by atoms with Crippen molar-refractivity contribution in [2.45, 2.75) is 0 Å². The Balaban J connectivity index is 2.01. The summed E-state index contributed by atoms with van der Waals surface area (Å²) >= 11 is 1.69. The van der Waals surface area contributed by atoms with Crippen molar-refractivity contribution >= 4 is 27.2 Å². The second-order valence-corrected chi connectivity index (χ2v) is 4.97. The molecule has 0 fully saturated rings. The molecule has 0 radical (unpaired) electrons. The van der Waals surface area contributed by atoms with E-state index in [1.54, 1.807) is 23.6 Å². The largest absolute Gasteiger partial charge is 0.395 e. The maximum atomic E-state index is 8.82. The van der Waals surface area contributed by atoms with Gasteiger partial charge >= 0.3 is 0 Å². The van der Waals surface area contributed by atoms with Gasteiger partial charge in [0.1, 0.15) is 5.82 Å². The Labute approximate surface area is 114 Å². The van der Waals surface area contributed by atoms with Crippen LogP contribution in [-0.2, 0) is 0 Å². The standard InChI is InChI=1S/C14H13N3OS/c18-8-7-15-13-5-6-16-14(17-13)11-9-19-12-4-2-1-3-10(11)12/h1-6,9,18H,7-8H2,(H,15,16,17). The fraction of sp³-hybridized carbons (Fsp3) is 0.143. The highest BCUT2D eigenvalue weighted by Crippen LogP contribution is 2.32. The summed E-state index contributed by atoms with van der Waals surface area (Å²) in [6, 6.07) is 10.0. The first-order valence-corrected chi connectivity index (χ1v) is 6.91. The number of fused-ring (bicyclic) bond motifs is 1. The highest BCUT2D eigenvalue weighted by Gasteiger charge is 2.08. The Bertz CT molecular complexity index is 696. The number of aromatic nitrogens is 2. The number of hydrogen-bond acceptors (Lipinski definition) is 5. The summed E-state index contributed by atoms with van der Waals surface area (Å²) in [6.07, 6.45) is 1.73. The maximum Gasteiger partial charge on any atom is 0.162 e. The first-order valence-electron chi connectivity index (χ1n) is 6.03. The number of hydrogen-bond donors (Lipinski definition) is 2. The third kappa shape index (κ3) is 2.43. The maximum absolute atomic E-state index is 8.82. The van der Waals surface area contributed by atoms with E-state index in [1.807, 2.05) is 12.1 Å². The molecular formula is C14H13N3OS. The lowest BCUT2D eigenvalue weighted by atomic mass is 10.1. The molecule has 0 saturated heterocycles. The molecule has 0 atom stereocenters. The number of nitrogens with zero attached hydrogens (tertiary/aromatic N) is 2. The summed E-state index contributed by atoms with van der Waals surface area (Å²) in [5.74, 6) is 1.44. The predicted molar refractivity (Wildman–Crippen MR) is 78.4 cm³/mol. The van der Waals surface area contributed by atoms with Gasteiger partial charge in [-0.25, -0.2) is 9.97 Å². The Morgan fingerprint density at radius 1 is 1.21 bits per heavy atom. The van der Waals surface area contributed by atoms with E-state index in [2.05, 4.69) is 32.8 Å². The van der Waals surface area contributed by atoms with E-state index in [9.17, 15) is 0 Å². The predicted octanol–water partition coefficient (Wildman–Crippen LogP) is 2.76. The van der Waals surface area contributed by atoms with Crippen molar-refractivity contribution in [3.8, 4) is 11.4 Å². The van der Waals surface area contributed by atoms with Crippen LogP contribution in [0.2, 0.25) is 0 Å². The lowest BCUT2D eigenvalue weighted by molar-refractivity contribution is 0.311. The van der Waals surface area contributed by atoms with Crippen LogP contribution in [-0.4, -0.2) is 28.2 Å². The van der Waals surface area contributed by atoms with Gasteiger partial charge in [-0.1, -0.05) is 18.2 Å². The zero-order chi connectivity index (χ0) is 13.1. The van der Waals surface area contributed by atoms with E-state index < -0.39 is 0 Å². The molecule has 4 nitrogen and oxygen atoms in total. The second kappa shape index (κ2) is 5.34. The highest BCUT2D eigenvalue weighted by molar-refractivity contribution is 7.17. The molecule has 0 aliphatic heterocycles. The molecule has 3 rings (SSSR count). The summed E-state index contributed by atoms with van der Waals surface area (Å²) in [4.78, 5) is 8.81. The number of anilines is 1. The normalized spacial score (nSPS) is 10.8. The quantitative estimate of drug-likeness (QED) is 0.766. The SMILES string of the molecule is OCCNc1ccnc(-c2csc3ccccc23)n1. The molecule has 0 unspecified atom stereocenters. The number of aliphatic hydroxyl groups excluding tert-OH is 1. The zero-order valence-corrected chi connectivity index (χ0v) is 11.0. The van der Waals surface area contributed by atoms with Gasteiger partial charge in [0.15, 0.2) is 5.82 Å². The smallest absolute Gasteiger partial charge is 0.162 e. The Hall–Kier alpha value is -1.98. The lowest BCUT2D eigenvalue weighted by Gasteiger charge is -2.04. The van der Waals surface area contributed by atoms with Crippen molar-refractivity contribution in [3.63, 3.8) is 0 Å². The number of benzene rings is 1. The van der Waals surface area contributed by atoms with Crippen molar-refractivity contribution in [3.05, 3.63) is 41.9 Å². The number of nitrogens with one attached hydrogen (secondary N) is 1. The van der Waals surface area contributed by atoms with Crippen LogP contribution in [0.25, 0.3) is 21.5 Å². The lowest BCUT2D eigenvalue weighted by Crippen LogP contribution is -2.07. The van der Waals surface area contributed by atoms with Crippen molar-refractivity contribution in [2.24, 2.45) is 0 Å². The van der Waals surface area contributed by atoms with Gasteiger partial charge in [-0.2, -0.15) is 0 Å². The van der Waals surface area contributed by atoms with Crippen LogP contribution in [0.1, 0.15) is 0 Å². The van der Waals surface area contributed by atoms with Crippen LogP contribution in [0.5, 0.6) is 0 Å². The van der Waals surface area contributed by atoms with Gasteiger partial charge in [-0.05, 0) is 12.1 Å². The fourth-order valence-corrected chi connectivity index (χ4v) is 2.86. The van der Waals surface area contributed by atoms with Gasteiger partial charge < -0.3 is 10.4 Å². The molecule has 5 heteroatoms. The van der Waals surface area contributed by atoms with Gasteiger partial charge in [0.05, 0.1) is 6.61 Å². The Morgan fingerprint density at radius 3 is 3.00 bits per heavy atom. The molecule has 0 aliphatic carbocycles. The van der Waals surface area contributed by atoms with E-state index >= 15 is 0 Å². The molecule has 0 bridgehead atoms. The second-order valence-electron chi connectivity index (χ2n) is 4.06. The molecule has 2 aromatic heterocycles. The topological polar surface area (TPSA) is 58.0 Å². The van der Waals surface area contributed by atoms with E-state index in [1.165, 1.54) is 10.1 Å². The summed E-state index contributed by atoms with van der Waals surface area (Å²) < 4.78 is 1.23. The molecule has 2 N–H and O–H groups in total. The van der Waals surface area contributed by atoms with Gasteiger partial charge in [0, 0.05) is 33.8 Å². The third-order valence-corrected chi connectivity index (χ3v) is 3.76. The molecule has 3 aromatic rings. The average Bonchev–Trinajstić information content (AvgIpc) is 2.89. The van der Waals surface area contributed by atoms with E-state index in [-0.39, 0.29) is 6.61 Å². The van der Waals surface area contributed by atoms with Gasteiger partial charge in [0.2, 0.25) is 0 Å². The third-order valence-electron chi connectivity index (χ3n) is 2.80. The molecule has 96 valence electrons. The van der Waals surface area contributed by atoms with E-state index in [0.717, 1.165) is 11.4 Å². The molecular weight excluding hydrogens is 258 g/mol. The average molecular weight is 271 g/mol. The molecule has 0 saturated carbocycles. The molecule has 19 heavy (non-hydrogen) atoms. The first-order chi connectivity index (χ1) is 9.38. The minimum Gasteiger partial charge on any atom is -0.395 e. The fourth-order valence-electron chi connectivity index (χ4n) is 1.92. The summed E-state index contributed by atoms with van der Waals surface area (Å²) in [5, 5.41) is 15.1.